The maximum atomic E-state index is 10.3. The van der Waals surface area contributed by atoms with Gasteiger partial charge in [-0.15, -0.1) is 0 Å². The highest BCUT2D eigenvalue weighted by Crippen LogP contribution is 2.34. The summed E-state index contributed by atoms with van der Waals surface area (Å²) >= 11 is 0. The summed E-state index contributed by atoms with van der Waals surface area (Å²) in [6.45, 7) is 1.84. The number of aromatic nitrogens is 4. The number of aliphatic hydroxyl groups is 3. The van der Waals surface area contributed by atoms with Gasteiger partial charge in [0.1, 0.15) is 24.1 Å². The number of nitrogens with zero attached hydrogens (tertiary/aromatic N) is 5. The molecule has 5 rings (SSSR count). The first-order valence-electron chi connectivity index (χ1n) is 9.90. The van der Waals surface area contributed by atoms with Crippen LogP contribution in [0.5, 0.6) is 0 Å². The lowest BCUT2D eigenvalue weighted by Gasteiger charge is -2.19. The van der Waals surface area contributed by atoms with Crippen molar-refractivity contribution < 1.29 is 15.3 Å². The third-order valence-corrected chi connectivity index (χ3v) is 5.99. The Morgan fingerprint density at radius 1 is 1.00 bits per heavy atom. The topological polar surface area (TPSA) is 120 Å². The van der Waals surface area contributed by atoms with Crippen molar-refractivity contribution in [3.05, 3.63) is 43.0 Å². The number of aliphatic hydroxyl groups excluding tert-OH is 3. The molecule has 2 aromatic heterocycles. The fourth-order valence-electron chi connectivity index (χ4n) is 4.40. The Hall–Kier alpha value is -2.75. The van der Waals surface area contributed by atoms with E-state index < -0.39 is 24.4 Å². The van der Waals surface area contributed by atoms with Crippen molar-refractivity contribution >= 4 is 22.7 Å². The first-order valence-corrected chi connectivity index (χ1v) is 9.90. The fourth-order valence-corrected chi connectivity index (χ4v) is 4.40. The van der Waals surface area contributed by atoms with Gasteiger partial charge in [-0.25, -0.2) is 15.0 Å². The molecule has 0 spiro atoms. The highest BCUT2D eigenvalue weighted by molar-refractivity contribution is 5.83. The van der Waals surface area contributed by atoms with Crippen molar-refractivity contribution in [1.29, 1.82) is 0 Å². The van der Waals surface area contributed by atoms with E-state index in [1.165, 1.54) is 12.0 Å². The van der Waals surface area contributed by atoms with Crippen molar-refractivity contribution in [2.75, 3.05) is 23.3 Å². The number of rotatable bonds is 4. The standard InChI is InChI=1S/C20H24N6O3/c27-15-8-14(17(28)18(15)29)26-11-23-16-19(21-10-22-20(16)26)24-12-6-7-25(9-12)13-4-2-1-3-5-13/h1-5,10-12,14-15,17-18,27-29H,6-9H2,(H,21,22,24)/t12-,14+,15+,17+,18-/m0/s1. The zero-order chi connectivity index (χ0) is 20.0. The molecule has 1 saturated carbocycles. The van der Waals surface area contributed by atoms with Crippen molar-refractivity contribution in [2.24, 2.45) is 0 Å². The molecule has 5 atom stereocenters. The van der Waals surface area contributed by atoms with E-state index in [1.807, 2.05) is 18.2 Å². The number of benzene rings is 1. The maximum Gasteiger partial charge on any atom is 0.165 e. The maximum absolute atomic E-state index is 10.3. The van der Waals surface area contributed by atoms with Gasteiger partial charge in [-0.3, -0.25) is 0 Å². The third kappa shape index (κ3) is 3.21. The molecule has 2 aliphatic rings. The van der Waals surface area contributed by atoms with Gasteiger partial charge in [0, 0.05) is 24.8 Å². The Morgan fingerprint density at radius 2 is 1.83 bits per heavy atom. The van der Waals surface area contributed by atoms with Crippen LogP contribution in [-0.4, -0.2) is 72.3 Å². The molecule has 29 heavy (non-hydrogen) atoms. The van der Waals surface area contributed by atoms with Crippen LogP contribution in [0, 0.1) is 0 Å². The molecule has 0 amide bonds. The molecule has 3 aromatic rings. The quantitative estimate of drug-likeness (QED) is 0.505. The number of para-hydroxylation sites is 1. The van der Waals surface area contributed by atoms with E-state index in [4.69, 9.17) is 0 Å². The molecule has 9 heteroatoms. The summed E-state index contributed by atoms with van der Waals surface area (Å²) in [6.07, 6.45) is 1.10. The Balaban J connectivity index is 1.36. The zero-order valence-corrected chi connectivity index (χ0v) is 15.8. The van der Waals surface area contributed by atoms with Gasteiger partial charge in [0.2, 0.25) is 0 Å². The normalized spacial score (nSPS) is 29.6. The Morgan fingerprint density at radius 3 is 2.59 bits per heavy atom. The lowest BCUT2D eigenvalue weighted by Crippen LogP contribution is -2.31. The second-order valence-corrected chi connectivity index (χ2v) is 7.81. The van der Waals surface area contributed by atoms with Crippen LogP contribution in [0.2, 0.25) is 0 Å². The molecule has 3 heterocycles. The molecule has 152 valence electrons. The van der Waals surface area contributed by atoms with E-state index in [2.05, 4.69) is 37.3 Å². The average molecular weight is 396 g/mol. The molecule has 4 N–H and O–H groups in total. The number of nitrogens with one attached hydrogen (secondary N) is 1. The predicted molar refractivity (Wildman–Crippen MR) is 108 cm³/mol. The second kappa shape index (κ2) is 7.25. The third-order valence-electron chi connectivity index (χ3n) is 5.99. The Bertz CT molecular complexity index is 996. The van der Waals surface area contributed by atoms with Crippen LogP contribution < -0.4 is 10.2 Å². The molecule has 0 unspecified atom stereocenters. The van der Waals surface area contributed by atoms with E-state index in [0.29, 0.717) is 17.0 Å². The summed E-state index contributed by atoms with van der Waals surface area (Å²) < 4.78 is 1.72. The van der Waals surface area contributed by atoms with E-state index in [1.54, 1.807) is 10.9 Å². The minimum Gasteiger partial charge on any atom is -0.390 e. The van der Waals surface area contributed by atoms with Crippen molar-refractivity contribution in [3.63, 3.8) is 0 Å². The minimum absolute atomic E-state index is 0.235. The molecule has 0 bridgehead atoms. The molecular formula is C20H24N6O3. The van der Waals surface area contributed by atoms with Crippen molar-refractivity contribution in [3.8, 4) is 0 Å². The lowest BCUT2D eigenvalue weighted by molar-refractivity contribution is -0.0244. The predicted octanol–water partition coefficient (Wildman–Crippen LogP) is 0.545. The van der Waals surface area contributed by atoms with Crippen LogP contribution in [0.4, 0.5) is 11.5 Å². The lowest BCUT2D eigenvalue weighted by atomic mass is 10.2. The summed E-state index contributed by atoms with van der Waals surface area (Å²) in [4.78, 5) is 15.5. The SMILES string of the molecule is O[C@@H]1[C@H](O)[C@H](n2cnc3c(N[C@H]4CCN(c5ccccc5)C4)ncnc32)C[C@H]1O. The van der Waals surface area contributed by atoms with Gasteiger partial charge >= 0.3 is 0 Å². The molecule has 1 saturated heterocycles. The Kier molecular flexibility index (Phi) is 4.57. The smallest absolute Gasteiger partial charge is 0.165 e. The van der Waals surface area contributed by atoms with Crippen LogP contribution in [0.15, 0.2) is 43.0 Å². The van der Waals surface area contributed by atoms with Gasteiger partial charge in [-0.2, -0.15) is 0 Å². The molecule has 9 nitrogen and oxygen atoms in total. The molecule has 2 fully saturated rings. The molecule has 1 aliphatic carbocycles. The van der Waals surface area contributed by atoms with Gasteiger partial charge in [-0.05, 0) is 25.0 Å². The number of hydrogen-bond donors (Lipinski definition) is 4. The molecular weight excluding hydrogens is 372 g/mol. The minimum atomic E-state index is -1.17. The molecule has 1 aromatic carbocycles. The van der Waals surface area contributed by atoms with Gasteiger partial charge < -0.3 is 30.1 Å². The van der Waals surface area contributed by atoms with Gasteiger partial charge in [0.05, 0.1) is 18.5 Å². The molecule has 0 radical (unpaired) electrons. The number of hydrogen-bond acceptors (Lipinski definition) is 8. The zero-order valence-electron chi connectivity index (χ0n) is 15.8. The van der Waals surface area contributed by atoms with Gasteiger partial charge in [-0.1, -0.05) is 18.2 Å². The van der Waals surface area contributed by atoms with Crippen LogP contribution >= 0.6 is 0 Å². The highest BCUT2D eigenvalue weighted by Gasteiger charge is 2.42. The number of anilines is 2. The van der Waals surface area contributed by atoms with Crippen molar-refractivity contribution in [1.82, 2.24) is 19.5 Å². The van der Waals surface area contributed by atoms with E-state index in [0.717, 1.165) is 19.5 Å². The first-order chi connectivity index (χ1) is 14.1. The summed E-state index contributed by atoms with van der Waals surface area (Å²) in [5.41, 5.74) is 2.40. The van der Waals surface area contributed by atoms with Gasteiger partial charge in [0.25, 0.3) is 0 Å². The van der Waals surface area contributed by atoms with E-state index >= 15 is 0 Å². The van der Waals surface area contributed by atoms with Crippen molar-refractivity contribution in [2.45, 2.75) is 43.2 Å². The van der Waals surface area contributed by atoms with Crippen LogP contribution in [0.3, 0.4) is 0 Å². The van der Waals surface area contributed by atoms with Crippen LogP contribution in [-0.2, 0) is 0 Å². The Labute approximate surface area is 167 Å². The van der Waals surface area contributed by atoms with Gasteiger partial charge in [0.15, 0.2) is 11.5 Å². The summed E-state index contributed by atoms with van der Waals surface area (Å²) in [7, 11) is 0. The highest BCUT2D eigenvalue weighted by atomic mass is 16.4. The fraction of sp³-hybridized carbons (Fsp3) is 0.450. The number of fused-ring (bicyclic) bond motifs is 1. The van der Waals surface area contributed by atoms with E-state index in [9.17, 15) is 15.3 Å². The van der Waals surface area contributed by atoms with E-state index in [-0.39, 0.29) is 12.5 Å². The van der Waals surface area contributed by atoms with Crippen LogP contribution in [0.1, 0.15) is 18.9 Å². The second-order valence-electron chi connectivity index (χ2n) is 7.81. The average Bonchev–Trinajstić information content (AvgIpc) is 3.44. The summed E-state index contributed by atoms with van der Waals surface area (Å²) in [6, 6.07) is 10.1. The number of imidazole rings is 1. The summed E-state index contributed by atoms with van der Waals surface area (Å²) in [5, 5.41) is 33.5. The summed E-state index contributed by atoms with van der Waals surface area (Å²) in [5.74, 6) is 0.655. The largest absolute Gasteiger partial charge is 0.390 e. The monoisotopic (exact) mass is 396 g/mol. The molecule has 1 aliphatic heterocycles. The first kappa shape index (κ1) is 18.3. The van der Waals surface area contributed by atoms with Crippen LogP contribution in [0.25, 0.3) is 11.2 Å².